The van der Waals surface area contributed by atoms with E-state index in [1.807, 2.05) is 31.2 Å². The van der Waals surface area contributed by atoms with Gasteiger partial charge in [0.05, 0.1) is 6.61 Å². The Morgan fingerprint density at radius 1 is 1.33 bits per heavy atom. The summed E-state index contributed by atoms with van der Waals surface area (Å²) in [5, 5.41) is 2.93. The van der Waals surface area contributed by atoms with E-state index in [2.05, 4.69) is 19.2 Å². The molecule has 1 aliphatic carbocycles. The van der Waals surface area contributed by atoms with Crippen molar-refractivity contribution in [2.45, 2.75) is 39.2 Å². The number of benzene rings is 1. The first-order valence-corrected chi connectivity index (χ1v) is 7.55. The third-order valence-corrected chi connectivity index (χ3v) is 3.93. The van der Waals surface area contributed by atoms with Gasteiger partial charge in [-0.15, -0.1) is 0 Å². The minimum atomic E-state index is -0.729. The Bertz CT molecular complexity index is 479. The molecule has 1 aromatic carbocycles. The van der Waals surface area contributed by atoms with E-state index in [0.717, 1.165) is 24.3 Å². The van der Waals surface area contributed by atoms with Crippen molar-refractivity contribution < 1.29 is 14.3 Å². The maximum atomic E-state index is 12.4. The van der Waals surface area contributed by atoms with Crippen LogP contribution in [0.15, 0.2) is 24.3 Å². The van der Waals surface area contributed by atoms with Gasteiger partial charge in [-0.1, -0.05) is 13.8 Å². The van der Waals surface area contributed by atoms with Crippen molar-refractivity contribution in [3.63, 3.8) is 0 Å². The van der Waals surface area contributed by atoms with Crippen LogP contribution < -0.4 is 10.1 Å². The predicted octanol–water partition coefficient (Wildman–Crippen LogP) is 3.48. The van der Waals surface area contributed by atoms with Crippen molar-refractivity contribution in [1.29, 1.82) is 0 Å². The fourth-order valence-electron chi connectivity index (χ4n) is 2.23. The molecule has 1 saturated carbocycles. The third kappa shape index (κ3) is 3.97. The number of carbonyl (C=O) groups is 1. The fraction of sp³-hybridized carbons (Fsp3) is 0.588. The van der Waals surface area contributed by atoms with Crippen LogP contribution in [0.3, 0.4) is 0 Å². The van der Waals surface area contributed by atoms with Gasteiger partial charge in [0.2, 0.25) is 0 Å². The summed E-state index contributed by atoms with van der Waals surface area (Å²) in [5.41, 5.74) is 0.0353. The van der Waals surface area contributed by atoms with Crippen LogP contribution in [0.1, 0.15) is 33.6 Å². The lowest BCUT2D eigenvalue weighted by atomic mass is 9.99. The smallest absolute Gasteiger partial charge is 0.256 e. The van der Waals surface area contributed by atoms with Crippen LogP contribution in [-0.4, -0.2) is 25.2 Å². The molecule has 4 nitrogen and oxygen atoms in total. The molecule has 1 amide bonds. The van der Waals surface area contributed by atoms with Gasteiger partial charge >= 0.3 is 0 Å². The number of hydrogen-bond donors (Lipinski definition) is 1. The van der Waals surface area contributed by atoms with Gasteiger partial charge in [0.15, 0.2) is 0 Å². The maximum Gasteiger partial charge on any atom is 0.256 e. The summed E-state index contributed by atoms with van der Waals surface area (Å²) in [6.45, 7) is 6.77. The van der Waals surface area contributed by atoms with Gasteiger partial charge in [-0.3, -0.25) is 4.79 Å². The van der Waals surface area contributed by atoms with Crippen molar-refractivity contribution in [2.24, 2.45) is 11.8 Å². The number of amides is 1. The van der Waals surface area contributed by atoms with Crippen LogP contribution in [0.25, 0.3) is 0 Å². The normalized spacial score (nSPS) is 17.4. The molecule has 0 saturated heterocycles. The average molecular weight is 291 g/mol. The number of carbonyl (C=O) groups excluding carboxylic acids is 1. The SMILES string of the molecule is CO[C@@](C)(C(=O)Nc1ccc(OCC(C)C)cc1)C1CC1. The lowest BCUT2D eigenvalue weighted by molar-refractivity contribution is -0.138. The van der Waals surface area contributed by atoms with Crippen molar-refractivity contribution in [1.82, 2.24) is 0 Å². The van der Waals surface area contributed by atoms with Gasteiger partial charge in [-0.2, -0.15) is 0 Å². The van der Waals surface area contributed by atoms with Gasteiger partial charge in [-0.25, -0.2) is 0 Å². The molecular weight excluding hydrogens is 266 g/mol. The average Bonchev–Trinajstić information content (AvgIpc) is 3.30. The summed E-state index contributed by atoms with van der Waals surface area (Å²) in [7, 11) is 1.60. The maximum absolute atomic E-state index is 12.4. The van der Waals surface area contributed by atoms with E-state index >= 15 is 0 Å². The molecule has 0 bridgehead atoms. The third-order valence-electron chi connectivity index (χ3n) is 3.93. The largest absolute Gasteiger partial charge is 0.493 e. The van der Waals surface area contributed by atoms with Crippen molar-refractivity contribution in [3.8, 4) is 5.75 Å². The molecule has 1 aliphatic rings. The van der Waals surface area contributed by atoms with Crippen LogP contribution in [0.2, 0.25) is 0 Å². The Labute approximate surface area is 126 Å². The molecule has 116 valence electrons. The minimum absolute atomic E-state index is 0.0802. The zero-order valence-corrected chi connectivity index (χ0v) is 13.3. The number of ether oxygens (including phenoxy) is 2. The van der Waals surface area contributed by atoms with Crippen LogP contribution in [0, 0.1) is 11.8 Å². The molecule has 1 N–H and O–H groups in total. The molecule has 0 unspecified atom stereocenters. The molecule has 0 heterocycles. The van der Waals surface area contributed by atoms with Crippen LogP contribution >= 0.6 is 0 Å². The monoisotopic (exact) mass is 291 g/mol. The number of rotatable bonds is 7. The lowest BCUT2D eigenvalue weighted by Crippen LogP contribution is -2.43. The number of anilines is 1. The van der Waals surface area contributed by atoms with E-state index in [9.17, 15) is 4.79 Å². The molecule has 2 rings (SSSR count). The molecule has 4 heteroatoms. The Balaban J connectivity index is 1.95. The van der Waals surface area contributed by atoms with Gasteiger partial charge < -0.3 is 14.8 Å². The summed E-state index contributed by atoms with van der Waals surface area (Å²) in [6, 6.07) is 7.46. The molecule has 1 atom stereocenters. The van der Waals surface area contributed by atoms with E-state index < -0.39 is 5.60 Å². The Hall–Kier alpha value is -1.55. The first kappa shape index (κ1) is 15.8. The molecule has 21 heavy (non-hydrogen) atoms. The summed E-state index contributed by atoms with van der Waals surface area (Å²) >= 11 is 0. The van der Waals surface area contributed by atoms with Crippen molar-refractivity contribution >= 4 is 11.6 Å². The molecule has 1 fully saturated rings. The van der Waals surface area contributed by atoms with Crippen LogP contribution in [-0.2, 0) is 9.53 Å². The van der Waals surface area contributed by atoms with E-state index in [-0.39, 0.29) is 5.91 Å². The predicted molar refractivity (Wildman–Crippen MR) is 83.5 cm³/mol. The van der Waals surface area contributed by atoms with E-state index in [0.29, 0.717) is 18.4 Å². The lowest BCUT2D eigenvalue weighted by Gasteiger charge is -2.26. The summed E-state index contributed by atoms with van der Waals surface area (Å²) in [5.74, 6) is 1.56. The molecule has 0 aromatic heterocycles. The highest BCUT2D eigenvalue weighted by Crippen LogP contribution is 2.42. The van der Waals surface area contributed by atoms with Gasteiger partial charge in [-0.05, 0) is 55.9 Å². The van der Waals surface area contributed by atoms with E-state index in [1.54, 1.807) is 7.11 Å². The Morgan fingerprint density at radius 2 is 1.95 bits per heavy atom. The standard InChI is InChI=1S/C17H25NO3/c1-12(2)11-21-15-9-7-14(8-10-15)18-16(19)17(3,20-4)13-5-6-13/h7-10,12-13H,5-6,11H2,1-4H3,(H,18,19)/t17-/m1/s1. The summed E-state index contributed by atoms with van der Waals surface area (Å²) in [4.78, 5) is 12.4. The molecular formula is C17H25NO3. The Morgan fingerprint density at radius 3 is 2.43 bits per heavy atom. The number of methoxy groups -OCH3 is 1. The topological polar surface area (TPSA) is 47.6 Å². The summed E-state index contributed by atoms with van der Waals surface area (Å²) < 4.78 is 11.1. The second kappa shape index (κ2) is 6.48. The van der Waals surface area contributed by atoms with Gasteiger partial charge in [0.25, 0.3) is 5.91 Å². The molecule has 0 aliphatic heterocycles. The summed E-state index contributed by atoms with van der Waals surface area (Å²) in [6.07, 6.45) is 2.11. The van der Waals surface area contributed by atoms with Crippen molar-refractivity contribution in [2.75, 3.05) is 19.0 Å². The highest BCUT2D eigenvalue weighted by Gasteiger charge is 2.47. The Kier molecular flexibility index (Phi) is 4.88. The van der Waals surface area contributed by atoms with Crippen LogP contribution in [0.5, 0.6) is 5.75 Å². The molecule has 1 aromatic rings. The second-order valence-corrected chi connectivity index (χ2v) is 6.27. The van der Waals surface area contributed by atoms with E-state index in [1.165, 1.54) is 0 Å². The highest BCUT2D eigenvalue weighted by molar-refractivity contribution is 5.97. The van der Waals surface area contributed by atoms with Gasteiger partial charge in [0, 0.05) is 12.8 Å². The zero-order chi connectivity index (χ0) is 15.5. The highest BCUT2D eigenvalue weighted by atomic mass is 16.5. The minimum Gasteiger partial charge on any atom is -0.493 e. The number of hydrogen-bond acceptors (Lipinski definition) is 3. The first-order chi connectivity index (χ1) is 9.95. The second-order valence-electron chi connectivity index (χ2n) is 6.27. The zero-order valence-electron chi connectivity index (χ0n) is 13.3. The molecule has 0 radical (unpaired) electrons. The first-order valence-electron chi connectivity index (χ1n) is 7.55. The van der Waals surface area contributed by atoms with Crippen molar-refractivity contribution in [3.05, 3.63) is 24.3 Å². The number of nitrogens with one attached hydrogen (secondary N) is 1. The quantitative estimate of drug-likeness (QED) is 0.836. The van der Waals surface area contributed by atoms with Gasteiger partial charge in [0.1, 0.15) is 11.4 Å². The van der Waals surface area contributed by atoms with E-state index in [4.69, 9.17) is 9.47 Å². The molecule has 0 spiro atoms. The fourth-order valence-corrected chi connectivity index (χ4v) is 2.23. The van der Waals surface area contributed by atoms with Crippen LogP contribution in [0.4, 0.5) is 5.69 Å².